The molecule has 0 aromatic rings. The fraction of sp³-hybridized carbons (Fsp3) is 0. The maximum absolute atomic E-state index is 8.44. The largest absolute Gasteiger partial charge is 0.425 e. The van der Waals surface area contributed by atoms with Crippen molar-refractivity contribution < 1.29 is 12.6 Å². The third kappa shape index (κ3) is 50.7. The summed E-state index contributed by atoms with van der Waals surface area (Å²) in [7, 11) is -3.11. The van der Waals surface area contributed by atoms with E-state index in [2.05, 4.69) is 0 Å². The SMILES string of the molecule is N.O=S(=O)=O. The van der Waals surface area contributed by atoms with Gasteiger partial charge in [0.2, 0.25) is 0 Å². The van der Waals surface area contributed by atoms with Gasteiger partial charge >= 0.3 is 10.6 Å². The molecule has 3 N–H and O–H groups in total. The lowest BCUT2D eigenvalue weighted by Gasteiger charge is -1.11. The van der Waals surface area contributed by atoms with Crippen molar-refractivity contribution in [2.45, 2.75) is 0 Å². The minimum absolute atomic E-state index is 0. The Morgan fingerprint density at radius 1 is 1.00 bits per heavy atom. The van der Waals surface area contributed by atoms with Gasteiger partial charge in [0.15, 0.2) is 0 Å². The third-order valence-electron chi connectivity index (χ3n) is 0. The number of hydrogen-bond acceptors (Lipinski definition) is 4. The van der Waals surface area contributed by atoms with Crippen molar-refractivity contribution in [3.63, 3.8) is 0 Å². The highest BCUT2D eigenvalue weighted by atomic mass is 32.2. The van der Waals surface area contributed by atoms with Crippen LogP contribution in [0.2, 0.25) is 0 Å². The molecular formula is H3NO3S. The Kier molecular flexibility index (Phi) is 6.31. The average molecular weight is 97.1 g/mol. The molecule has 0 unspecified atom stereocenters. The average Bonchev–Trinajstić information content (AvgIpc) is 0.811. The first kappa shape index (κ1) is 8.82. The standard InChI is InChI=1S/H3N.O3S/c;1-4(2)3/h1H3;. The van der Waals surface area contributed by atoms with Crippen LogP contribution in [0.4, 0.5) is 0 Å². The molecule has 0 aromatic heterocycles. The lowest BCUT2D eigenvalue weighted by molar-refractivity contribution is 0.559. The molecule has 0 spiro atoms. The summed E-state index contributed by atoms with van der Waals surface area (Å²) in [4.78, 5) is 0. The van der Waals surface area contributed by atoms with Crippen molar-refractivity contribution in [1.82, 2.24) is 6.15 Å². The second-order valence-electron chi connectivity index (χ2n) is 0.204. The van der Waals surface area contributed by atoms with Crippen molar-refractivity contribution in [3.8, 4) is 0 Å². The molecule has 0 saturated heterocycles. The van der Waals surface area contributed by atoms with E-state index < -0.39 is 10.6 Å². The first-order valence-electron chi connectivity index (χ1n) is 0.500. The van der Waals surface area contributed by atoms with E-state index in [-0.39, 0.29) is 6.15 Å². The molecule has 0 atom stereocenters. The van der Waals surface area contributed by atoms with Gasteiger partial charge in [-0.05, 0) is 0 Å². The Bertz CT molecular complexity index is 76.3. The van der Waals surface area contributed by atoms with Gasteiger partial charge in [-0.1, -0.05) is 0 Å². The fourth-order valence-corrected chi connectivity index (χ4v) is 0. The van der Waals surface area contributed by atoms with Gasteiger partial charge in [-0.25, -0.2) is 0 Å². The van der Waals surface area contributed by atoms with Crippen LogP contribution in [0.15, 0.2) is 0 Å². The van der Waals surface area contributed by atoms with E-state index >= 15 is 0 Å². The highest BCUT2D eigenvalue weighted by molar-refractivity contribution is 7.59. The predicted octanol–water partition coefficient (Wildman–Crippen LogP) is -0.842. The molecule has 4 nitrogen and oxygen atoms in total. The summed E-state index contributed by atoms with van der Waals surface area (Å²) in [6.45, 7) is 0. The van der Waals surface area contributed by atoms with Crippen molar-refractivity contribution in [3.05, 3.63) is 0 Å². The zero-order chi connectivity index (χ0) is 3.58. The zero-order valence-electron chi connectivity index (χ0n) is 2.34. The van der Waals surface area contributed by atoms with Gasteiger partial charge in [-0.15, -0.1) is 12.6 Å². The maximum atomic E-state index is 8.44. The van der Waals surface area contributed by atoms with Gasteiger partial charge in [0, 0.05) is 0 Å². The van der Waals surface area contributed by atoms with Gasteiger partial charge in [-0.2, -0.15) is 0 Å². The van der Waals surface area contributed by atoms with Crippen LogP contribution in [0.3, 0.4) is 0 Å². The normalized spacial score (nSPS) is 4.80. The summed E-state index contributed by atoms with van der Waals surface area (Å²) >= 11 is 0. The van der Waals surface area contributed by atoms with E-state index in [9.17, 15) is 0 Å². The van der Waals surface area contributed by atoms with E-state index in [0.717, 1.165) is 0 Å². The van der Waals surface area contributed by atoms with Crippen LogP contribution in [0.1, 0.15) is 0 Å². The molecule has 0 rings (SSSR count). The number of hydrogen-bond donors (Lipinski definition) is 1. The Morgan fingerprint density at radius 3 is 1.00 bits per heavy atom. The van der Waals surface area contributed by atoms with Crippen LogP contribution in [0, 0.1) is 0 Å². The van der Waals surface area contributed by atoms with Crippen molar-refractivity contribution >= 4 is 10.6 Å². The predicted molar refractivity (Wildman–Crippen MR) is 14.7 cm³/mol. The Balaban J connectivity index is 0. The van der Waals surface area contributed by atoms with E-state index in [1.165, 1.54) is 0 Å². The van der Waals surface area contributed by atoms with Crippen molar-refractivity contribution in [2.24, 2.45) is 0 Å². The first-order chi connectivity index (χ1) is 1.73. The monoisotopic (exact) mass is 97.0 g/mol. The molecule has 5 heteroatoms. The van der Waals surface area contributed by atoms with Crippen molar-refractivity contribution in [1.29, 1.82) is 0 Å². The van der Waals surface area contributed by atoms with Gasteiger partial charge in [0.25, 0.3) is 0 Å². The van der Waals surface area contributed by atoms with Crippen LogP contribution in [-0.2, 0) is 10.6 Å². The molecule has 0 aliphatic rings. The molecule has 0 bridgehead atoms. The summed E-state index contributed by atoms with van der Waals surface area (Å²) in [5.74, 6) is 0. The molecule has 0 fully saturated rings. The van der Waals surface area contributed by atoms with Gasteiger partial charge in [0.1, 0.15) is 0 Å². The lowest BCUT2D eigenvalue weighted by atomic mass is 14.0. The Hall–Kier alpha value is -0.420. The summed E-state index contributed by atoms with van der Waals surface area (Å²) in [5.41, 5.74) is 0. The topological polar surface area (TPSA) is 86.2 Å². The summed E-state index contributed by atoms with van der Waals surface area (Å²) < 4.78 is 25.3. The summed E-state index contributed by atoms with van der Waals surface area (Å²) in [5, 5.41) is 0. The minimum Gasteiger partial charge on any atom is -0.344 e. The molecule has 0 saturated carbocycles. The number of rotatable bonds is 0. The molecule has 0 radical (unpaired) electrons. The molecule has 0 heterocycles. The molecule has 0 aliphatic carbocycles. The van der Waals surface area contributed by atoms with Crippen LogP contribution in [0.5, 0.6) is 0 Å². The quantitative estimate of drug-likeness (QED) is 0.427. The Morgan fingerprint density at radius 2 is 1.00 bits per heavy atom. The molecule has 0 aliphatic heterocycles. The van der Waals surface area contributed by atoms with Gasteiger partial charge in [-0.3, -0.25) is 0 Å². The Labute approximate surface area is 30.5 Å². The second kappa shape index (κ2) is 3.58. The van der Waals surface area contributed by atoms with Crippen LogP contribution < -0.4 is 6.15 Å². The van der Waals surface area contributed by atoms with Crippen LogP contribution >= 0.6 is 0 Å². The summed E-state index contributed by atoms with van der Waals surface area (Å²) in [6, 6.07) is 0. The van der Waals surface area contributed by atoms with E-state index in [0.29, 0.717) is 0 Å². The molecule has 32 valence electrons. The molecule has 5 heavy (non-hydrogen) atoms. The first-order valence-corrected chi connectivity index (χ1v) is 1.50. The zero-order valence-corrected chi connectivity index (χ0v) is 3.16. The fourth-order valence-electron chi connectivity index (χ4n) is 0. The van der Waals surface area contributed by atoms with E-state index in [1.54, 1.807) is 0 Å². The lowest BCUT2D eigenvalue weighted by Crippen LogP contribution is -1.40. The van der Waals surface area contributed by atoms with Crippen molar-refractivity contribution in [2.75, 3.05) is 0 Å². The summed E-state index contributed by atoms with van der Waals surface area (Å²) in [6.07, 6.45) is 0. The molecule has 0 amide bonds. The maximum Gasteiger partial charge on any atom is 0.425 e. The van der Waals surface area contributed by atoms with Gasteiger partial charge < -0.3 is 6.15 Å². The highest BCUT2D eigenvalue weighted by Crippen LogP contribution is 1.07. The molecule has 0 aromatic carbocycles. The highest BCUT2D eigenvalue weighted by Gasteiger charge is 1.40. The minimum atomic E-state index is -3.11. The van der Waals surface area contributed by atoms with Crippen LogP contribution in [-0.4, -0.2) is 12.6 Å². The second-order valence-corrected chi connectivity index (χ2v) is 0.612. The smallest absolute Gasteiger partial charge is 0.344 e. The molecular weight excluding hydrogens is 94.1 g/mol. The third-order valence-corrected chi connectivity index (χ3v) is 0. The van der Waals surface area contributed by atoms with Gasteiger partial charge in [0.05, 0.1) is 0 Å². The van der Waals surface area contributed by atoms with Crippen LogP contribution in [0.25, 0.3) is 0 Å². The van der Waals surface area contributed by atoms with E-state index in [1.807, 2.05) is 0 Å². The van der Waals surface area contributed by atoms with E-state index in [4.69, 9.17) is 12.6 Å².